The van der Waals surface area contributed by atoms with Crippen LogP contribution in [0, 0.1) is 11.7 Å². The molecule has 0 fully saturated rings. The van der Waals surface area contributed by atoms with Crippen LogP contribution in [-0.2, 0) is 6.54 Å². The van der Waals surface area contributed by atoms with Gasteiger partial charge in [0.2, 0.25) is 0 Å². The predicted molar refractivity (Wildman–Crippen MR) is 70.9 cm³/mol. The van der Waals surface area contributed by atoms with Crippen LogP contribution in [0.25, 0.3) is 0 Å². The van der Waals surface area contributed by atoms with Gasteiger partial charge in [0.15, 0.2) is 4.77 Å². The molecular weight excluding hydrogens is 232 g/mol. The zero-order valence-corrected chi connectivity index (χ0v) is 10.7. The molecule has 2 rings (SSSR count). The van der Waals surface area contributed by atoms with E-state index >= 15 is 0 Å². The van der Waals surface area contributed by atoms with Gasteiger partial charge < -0.3 is 14.3 Å². The van der Waals surface area contributed by atoms with Gasteiger partial charge in [0, 0.05) is 18.4 Å². The van der Waals surface area contributed by atoms with Crippen molar-refractivity contribution < 1.29 is 4.74 Å². The van der Waals surface area contributed by atoms with E-state index in [1.165, 1.54) is 0 Å². The number of ether oxygens (including phenoxy) is 1. The third kappa shape index (κ3) is 3.20. The molecule has 0 unspecified atom stereocenters. The van der Waals surface area contributed by atoms with E-state index < -0.39 is 0 Å². The second kappa shape index (κ2) is 5.68. The van der Waals surface area contributed by atoms with E-state index in [1.807, 2.05) is 43.5 Å². The lowest BCUT2D eigenvalue weighted by atomic mass is 10.3. The summed E-state index contributed by atoms with van der Waals surface area (Å²) in [6, 6.07) is 9.86. The van der Waals surface area contributed by atoms with Gasteiger partial charge in [-0.15, -0.1) is 0 Å². The number of aromatic nitrogens is 2. The van der Waals surface area contributed by atoms with Crippen LogP contribution in [-0.4, -0.2) is 16.2 Å². The van der Waals surface area contributed by atoms with Gasteiger partial charge in [-0.25, -0.2) is 0 Å². The molecule has 3 nitrogen and oxygen atoms in total. The Bertz CT molecular complexity index is 516. The number of imidazole rings is 1. The molecule has 0 spiro atoms. The first-order chi connectivity index (χ1) is 8.27. The van der Waals surface area contributed by atoms with Crippen LogP contribution in [0.4, 0.5) is 0 Å². The lowest BCUT2D eigenvalue weighted by molar-refractivity contribution is 0.301. The van der Waals surface area contributed by atoms with Crippen LogP contribution in [0.15, 0.2) is 36.5 Å². The van der Waals surface area contributed by atoms with Gasteiger partial charge in [-0.2, -0.15) is 0 Å². The van der Waals surface area contributed by atoms with Crippen LogP contribution in [0.2, 0.25) is 0 Å². The summed E-state index contributed by atoms with van der Waals surface area (Å²) in [6.07, 6.45) is 2.88. The SMILES string of the molecule is Cc1c[nH]c(=S)n1CCCOc1ccccc1. The fraction of sp³-hybridized carbons (Fsp3) is 0.308. The van der Waals surface area contributed by atoms with Crippen molar-refractivity contribution in [2.24, 2.45) is 0 Å². The highest BCUT2D eigenvalue weighted by atomic mass is 32.1. The maximum absolute atomic E-state index is 5.63. The molecule has 0 saturated carbocycles. The summed E-state index contributed by atoms with van der Waals surface area (Å²) in [5.41, 5.74) is 1.16. The van der Waals surface area contributed by atoms with Crippen molar-refractivity contribution in [3.63, 3.8) is 0 Å². The molecule has 0 amide bonds. The lowest BCUT2D eigenvalue weighted by Gasteiger charge is -2.07. The van der Waals surface area contributed by atoms with Crippen molar-refractivity contribution in [2.75, 3.05) is 6.61 Å². The topological polar surface area (TPSA) is 29.9 Å². The van der Waals surface area contributed by atoms with E-state index in [4.69, 9.17) is 17.0 Å². The molecule has 17 heavy (non-hydrogen) atoms. The maximum Gasteiger partial charge on any atom is 0.177 e. The number of hydrogen-bond donors (Lipinski definition) is 1. The number of nitrogens with zero attached hydrogens (tertiary/aromatic N) is 1. The van der Waals surface area contributed by atoms with Gasteiger partial charge >= 0.3 is 0 Å². The minimum Gasteiger partial charge on any atom is -0.494 e. The molecule has 0 atom stereocenters. The number of benzene rings is 1. The minimum absolute atomic E-state index is 0.705. The Labute approximate surface area is 106 Å². The van der Waals surface area contributed by atoms with Crippen molar-refractivity contribution in [2.45, 2.75) is 19.9 Å². The van der Waals surface area contributed by atoms with Gasteiger partial charge in [0.1, 0.15) is 5.75 Å². The zero-order valence-electron chi connectivity index (χ0n) is 9.85. The molecule has 1 heterocycles. The largest absolute Gasteiger partial charge is 0.494 e. The molecule has 2 aromatic rings. The Morgan fingerprint density at radius 3 is 2.71 bits per heavy atom. The summed E-state index contributed by atoms with van der Waals surface area (Å²) in [7, 11) is 0. The number of aromatic amines is 1. The summed E-state index contributed by atoms with van der Waals surface area (Å²) in [5.74, 6) is 0.918. The number of hydrogen-bond acceptors (Lipinski definition) is 2. The van der Waals surface area contributed by atoms with E-state index in [0.717, 1.165) is 29.2 Å². The molecule has 1 N–H and O–H groups in total. The standard InChI is InChI=1S/C13H16N2OS/c1-11-10-14-13(17)15(11)8-5-9-16-12-6-3-2-4-7-12/h2-4,6-7,10H,5,8-9H2,1H3,(H,14,17). The van der Waals surface area contributed by atoms with Crippen molar-refractivity contribution in [1.82, 2.24) is 9.55 Å². The van der Waals surface area contributed by atoms with Crippen molar-refractivity contribution in [3.05, 3.63) is 47.0 Å². The molecule has 0 radical (unpaired) electrons. The van der Waals surface area contributed by atoms with Crippen LogP contribution in [0.3, 0.4) is 0 Å². The van der Waals surface area contributed by atoms with Crippen molar-refractivity contribution in [3.8, 4) is 5.75 Å². The van der Waals surface area contributed by atoms with Gasteiger partial charge in [-0.1, -0.05) is 18.2 Å². The first-order valence-corrected chi connectivity index (χ1v) is 6.11. The second-order valence-corrected chi connectivity index (χ2v) is 4.29. The third-order valence-electron chi connectivity index (χ3n) is 2.61. The Kier molecular flexibility index (Phi) is 3.98. The molecule has 0 aliphatic carbocycles. The van der Waals surface area contributed by atoms with Crippen LogP contribution in [0.5, 0.6) is 5.75 Å². The Morgan fingerprint density at radius 1 is 1.29 bits per heavy atom. The highest BCUT2D eigenvalue weighted by Crippen LogP contribution is 2.09. The first kappa shape index (κ1) is 11.9. The number of para-hydroxylation sites is 1. The van der Waals surface area contributed by atoms with Gasteiger partial charge in [0.05, 0.1) is 6.61 Å². The van der Waals surface area contributed by atoms with Gasteiger partial charge in [-0.3, -0.25) is 0 Å². The van der Waals surface area contributed by atoms with Gasteiger partial charge in [0.25, 0.3) is 0 Å². The first-order valence-electron chi connectivity index (χ1n) is 5.70. The molecule has 0 aliphatic rings. The van der Waals surface area contributed by atoms with E-state index in [2.05, 4.69) is 9.55 Å². The van der Waals surface area contributed by atoms with Crippen LogP contribution < -0.4 is 4.74 Å². The number of rotatable bonds is 5. The molecular formula is C13H16N2OS. The lowest BCUT2D eigenvalue weighted by Crippen LogP contribution is -2.05. The molecule has 0 aliphatic heterocycles. The monoisotopic (exact) mass is 248 g/mol. The molecule has 1 aromatic heterocycles. The second-order valence-electron chi connectivity index (χ2n) is 3.90. The van der Waals surface area contributed by atoms with E-state index in [0.29, 0.717) is 6.61 Å². The Balaban J connectivity index is 1.79. The van der Waals surface area contributed by atoms with Crippen molar-refractivity contribution >= 4 is 12.2 Å². The highest BCUT2D eigenvalue weighted by molar-refractivity contribution is 7.71. The molecule has 4 heteroatoms. The maximum atomic E-state index is 5.63. The van der Waals surface area contributed by atoms with Crippen LogP contribution >= 0.6 is 12.2 Å². The number of nitrogens with one attached hydrogen (secondary N) is 1. The molecule has 0 saturated heterocycles. The molecule has 1 aromatic carbocycles. The summed E-state index contributed by atoms with van der Waals surface area (Å²) in [5, 5.41) is 0. The van der Waals surface area contributed by atoms with E-state index in [1.54, 1.807) is 0 Å². The number of H-pyrrole nitrogens is 1. The average molecular weight is 248 g/mol. The summed E-state index contributed by atoms with van der Waals surface area (Å²) < 4.78 is 8.49. The van der Waals surface area contributed by atoms with E-state index in [9.17, 15) is 0 Å². The quantitative estimate of drug-likeness (QED) is 0.650. The average Bonchev–Trinajstić information content (AvgIpc) is 2.67. The Morgan fingerprint density at radius 2 is 2.06 bits per heavy atom. The predicted octanol–water partition coefficient (Wildman–Crippen LogP) is 3.32. The number of aryl methyl sites for hydroxylation is 1. The Hall–Kier alpha value is -1.55. The zero-order chi connectivity index (χ0) is 12.1. The third-order valence-corrected chi connectivity index (χ3v) is 2.95. The molecule has 0 bridgehead atoms. The summed E-state index contributed by atoms with van der Waals surface area (Å²) >= 11 is 5.18. The normalized spacial score (nSPS) is 10.4. The fourth-order valence-electron chi connectivity index (χ4n) is 1.69. The smallest absolute Gasteiger partial charge is 0.177 e. The van der Waals surface area contributed by atoms with E-state index in [-0.39, 0.29) is 0 Å². The summed E-state index contributed by atoms with van der Waals surface area (Å²) in [6.45, 7) is 3.64. The fourth-order valence-corrected chi connectivity index (χ4v) is 1.98. The highest BCUT2D eigenvalue weighted by Gasteiger charge is 1.99. The van der Waals surface area contributed by atoms with Gasteiger partial charge in [-0.05, 0) is 37.7 Å². The summed E-state index contributed by atoms with van der Waals surface area (Å²) in [4.78, 5) is 3.03. The van der Waals surface area contributed by atoms with Crippen molar-refractivity contribution in [1.29, 1.82) is 0 Å². The minimum atomic E-state index is 0.705. The molecule has 90 valence electrons. The van der Waals surface area contributed by atoms with Crippen LogP contribution in [0.1, 0.15) is 12.1 Å².